The number of hydrogen-bond acceptors (Lipinski definition) is 5. The molecule has 1 aliphatic heterocycles. The molecule has 2 N–H and O–H groups in total. The van der Waals surface area contributed by atoms with Crippen LogP contribution in [0.4, 0.5) is 5.69 Å². The first-order valence-electron chi connectivity index (χ1n) is 10.3. The average molecular weight is 467 g/mol. The number of sulfonamides is 1. The van der Waals surface area contributed by atoms with Crippen molar-refractivity contribution in [3.63, 3.8) is 0 Å². The van der Waals surface area contributed by atoms with Gasteiger partial charge in [0.1, 0.15) is 12.4 Å². The summed E-state index contributed by atoms with van der Waals surface area (Å²) in [6.07, 6.45) is 2.68. The summed E-state index contributed by atoms with van der Waals surface area (Å²) < 4.78 is 27.5. The van der Waals surface area contributed by atoms with Gasteiger partial charge in [-0.2, -0.15) is 11.8 Å². The highest BCUT2D eigenvalue weighted by Crippen LogP contribution is 2.41. The standard InChI is InChI=1S/C23H22N4O3S2/c1-31-13-12-18(23-25-16-8-2-3-9-17(16)26-23)24-21(28)14-27-19-10-4-6-15-7-5-11-20(22(15)19)32(27,29)30/h2-11,18H,12-14H2,1H3,(H,24,28)(H,25,26)/t18-/m0/s1. The molecule has 0 spiro atoms. The van der Waals surface area contributed by atoms with Gasteiger partial charge in [-0.3, -0.25) is 9.10 Å². The summed E-state index contributed by atoms with van der Waals surface area (Å²) in [5.74, 6) is 1.13. The van der Waals surface area contributed by atoms with Gasteiger partial charge in [0.15, 0.2) is 0 Å². The molecule has 0 fully saturated rings. The Kier molecular flexibility index (Phi) is 5.30. The number of H-pyrrole nitrogens is 1. The number of carbonyl (C=O) groups excluding carboxylic acids is 1. The minimum absolute atomic E-state index is 0.245. The van der Waals surface area contributed by atoms with E-state index in [2.05, 4.69) is 15.3 Å². The van der Waals surface area contributed by atoms with Crippen LogP contribution in [0.2, 0.25) is 0 Å². The minimum Gasteiger partial charge on any atom is -0.345 e. The third-order valence-corrected chi connectivity index (χ3v) is 8.10. The largest absolute Gasteiger partial charge is 0.345 e. The quantitative estimate of drug-likeness (QED) is 0.432. The van der Waals surface area contributed by atoms with Crippen molar-refractivity contribution in [1.82, 2.24) is 15.3 Å². The number of carbonyl (C=O) groups is 1. The highest BCUT2D eigenvalue weighted by atomic mass is 32.2. The van der Waals surface area contributed by atoms with Gasteiger partial charge in [0.2, 0.25) is 5.91 Å². The number of rotatable bonds is 7. The van der Waals surface area contributed by atoms with E-state index in [1.165, 1.54) is 4.31 Å². The van der Waals surface area contributed by atoms with Crippen LogP contribution in [0.3, 0.4) is 0 Å². The Morgan fingerprint density at radius 3 is 2.69 bits per heavy atom. The van der Waals surface area contributed by atoms with E-state index in [1.807, 2.05) is 48.7 Å². The van der Waals surface area contributed by atoms with Crippen LogP contribution >= 0.6 is 11.8 Å². The topological polar surface area (TPSA) is 95.2 Å². The summed E-state index contributed by atoms with van der Waals surface area (Å²) in [7, 11) is -3.79. The van der Waals surface area contributed by atoms with Gasteiger partial charge in [0.05, 0.1) is 27.7 Å². The molecule has 1 aromatic heterocycles. The predicted molar refractivity (Wildman–Crippen MR) is 128 cm³/mol. The molecule has 9 heteroatoms. The SMILES string of the molecule is CSCC[C@H](NC(=O)CN1c2cccc3cccc(c23)S1(=O)=O)c1nc2ccccc2[nH]1. The number of amides is 1. The Morgan fingerprint density at radius 2 is 1.91 bits per heavy atom. The summed E-state index contributed by atoms with van der Waals surface area (Å²) in [5, 5.41) is 4.51. The van der Waals surface area contributed by atoms with Crippen LogP contribution in [0.25, 0.3) is 21.8 Å². The fourth-order valence-electron chi connectivity index (χ4n) is 4.15. The van der Waals surface area contributed by atoms with Crippen molar-refractivity contribution in [2.75, 3.05) is 22.9 Å². The van der Waals surface area contributed by atoms with E-state index >= 15 is 0 Å². The first-order valence-corrected chi connectivity index (χ1v) is 13.1. The van der Waals surface area contributed by atoms with E-state index in [-0.39, 0.29) is 23.4 Å². The molecule has 0 radical (unpaired) electrons. The Balaban J connectivity index is 1.42. The second-order valence-corrected chi connectivity index (χ2v) is 10.5. The lowest BCUT2D eigenvalue weighted by molar-refractivity contribution is -0.120. The van der Waals surface area contributed by atoms with Gasteiger partial charge in [0, 0.05) is 5.39 Å². The van der Waals surface area contributed by atoms with Crippen molar-refractivity contribution in [2.45, 2.75) is 17.4 Å². The second kappa shape index (κ2) is 8.14. The van der Waals surface area contributed by atoms with Crippen LogP contribution in [0.5, 0.6) is 0 Å². The van der Waals surface area contributed by atoms with E-state index in [9.17, 15) is 13.2 Å². The van der Waals surface area contributed by atoms with Gasteiger partial charge in [-0.1, -0.05) is 36.4 Å². The van der Waals surface area contributed by atoms with E-state index in [1.54, 1.807) is 30.0 Å². The number of anilines is 1. The van der Waals surface area contributed by atoms with Gasteiger partial charge >= 0.3 is 0 Å². The molecule has 7 nitrogen and oxygen atoms in total. The average Bonchev–Trinajstić information content (AvgIpc) is 3.31. The molecule has 0 bridgehead atoms. The number of para-hydroxylation sites is 2. The van der Waals surface area contributed by atoms with Crippen LogP contribution in [-0.2, 0) is 14.8 Å². The number of fused-ring (bicyclic) bond motifs is 1. The summed E-state index contributed by atoms with van der Waals surface area (Å²) >= 11 is 1.68. The Hall–Kier alpha value is -3.04. The van der Waals surface area contributed by atoms with Crippen LogP contribution in [0.15, 0.2) is 65.6 Å². The van der Waals surface area contributed by atoms with Crippen LogP contribution in [0, 0.1) is 0 Å². The van der Waals surface area contributed by atoms with E-state index < -0.39 is 10.0 Å². The lowest BCUT2D eigenvalue weighted by Crippen LogP contribution is -2.40. The molecule has 3 aromatic carbocycles. The monoisotopic (exact) mass is 466 g/mol. The van der Waals surface area contributed by atoms with Crippen molar-refractivity contribution < 1.29 is 13.2 Å². The first-order chi connectivity index (χ1) is 15.5. The third-order valence-electron chi connectivity index (χ3n) is 5.65. The number of thioether (sulfide) groups is 1. The van der Waals surface area contributed by atoms with Gasteiger partial charge in [-0.15, -0.1) is 0 Å². The zero-order valence-electron chi connectivity index (χ0n) is 17.4. The van der Waals surface area contributed by atoms with Gasteiger partial charge in [0.25, 0.3) is 10.0 Å². The fraction of sp³-hybridized carbons (Fsp3) is 0.217. The highest BCUT2D eigenvalue weighted by molar-refractivity contribution is 7.98. The van der Waals surface area contributed by atoms with Crippen LogP contribution in [-0.4, -0.2) is 42.8 Å². The minimum atomic E-state index is -3.79. The van der Waals surface area contributed by atoms with Crippen LogP contribution in [0.1, 0.15) is 18.3 Å². The Morgan fingerprint density at radius 1 is 1.12 bits per heavy atom. The van der Waals surface area contributed by atoms with E-state index in [4.69, 9.17) is 0 Å². The lowest BCUT2D eigenvalue weighted by atomic mass is 10.1. The molecule has 1 aliphatic rings. The number of benzene rings is 3. The molecule has 0 saturated heterocycles. The molecule has 164 valence electrons. The van der Waals surface area contributed by atoms with Crippen molar-refractivity contribution >= 4 is 55.2 Å². The van der Waals surface area contributed by atoms with Crippen molar-refractivity contribution in [3.8, 4) is 0 Å². The number of nitrogens with one attached hydrogen (secondary N) is 2. The molecule has 0 saturated carbocycles. The normalized spacial score (nSPS) is 15.3. The maximum absolute atomic E-state index is 13.2. The van der Waals surface area contributed by atoms with Crippen molar-refractivity contribution in [1.29, 1.82) is 0 Å². The van der Waals surface area contributed by atoms with E-state index in [0.717, 1.165) is 22.2 Å². The van der Waals surface area contributed by atoms with E-state index in [0.29, 0.717) is 23.3 Å². The molecular formula is C23H22N4O3S2. The van der Waals surface area contributed by atoms with Crippen molar-refractivity contribution in [3.05, 3.63) is 66.5 Å². The fourth-order valence-corrected chi connectivity index (χ4v) is 6.29. The lowest BCUT2D eigenvalue weighted by Gasteiger charge is -2.21. The number of aromatic amines is 1. The molecule has 2 heterocycles. The molecular weight excluding hydrogens is 444 g/mol. The highest BCUT2D eigenvalue weighted by Gasteiger charge is 2.37. The second-order valence-electron chi connectivity index (χ2n) is 7.68. The van der Waals surface area contributed by atoms with Crippen LogP contribution < -0.4 is 9.62 Å². The maximum atomic E-state index is 13.2. The number of nitrogens with zero attached hydrogens (tertiary/aromatic N) is 2. The number of hydrogen-bond donors (Lipinski definition) is 2. The zero-order chi connectivity index (χ0) is 22.3. The smallest absolute Gasteiger partial charge is 0.265 e. The molecule has 0 unspecified atom stereocenters. The van der Waals surface area contributed by atoms with Crippen molar-refractivity contribution in [2.24, 2.45) is 0 Å². The molecule has 5 rings (SSSR count). The molecule has 4 aromatic rings. The predicted octanol–water partition coefficient (Wildman–Crippen LogP) is 3.84. The summed E-state index contributed by atoms with van der Waals surface area (Å²) in [6.45, 7) is -0.286. The maximum Gasteiger partial charge on any atom is 0.265 e. The first kappa shape index (κ1) is 20.8. The molecule has 32 heavy (non-hydrogen) atoms. The van der Waals surface area contributed by atoms with Gasteiger partial charge < -0.3 is 10.3 Å². The zero-order valence-corrected chi connectivity index (χ0v) is 19.0. The Labute approximate surface area is 190 Å². The molecule has 0 aliphatic carbocycles. The Bertz CT molecular complexity index is 1390. The van der Waals surface area contributed by atoms with Gasteiger partial charge in [-0.25, -0.2) is 13.4 Å². The summed E-state index contributed by atoms with van der Waals surface area (Å²) in [4.78, 5) is 21.2. The number of imidazole rings is 1. The number of aromatic nitrogens is 2. The summed E-state index contributed by atoms with van der Waals surface area (Å²) in [5.41, 5.74) is 2.27. The molecule has 1 atom stereocenters. The third kappa shape index (κ3) is 3.51. The summed E-state index contributed by atoms with van der Waals surface area (Å²) in [6, 6.07) is 18.0. The molecule has 1 amide bonds. The van der Waals surface area contributed by atoms with Gasteiger partial charge in [-0.05, 0) is 48.1 Å².